The summed E-state index contributed by atoms with van der Waals surface area (Å²) in [4.78, 5) is 14.9. The van der Waals surface area contributed by atoms with Crippen molar-refractivity contribution in [1.82, 2.24) is 9.62 Å². The lowest BCUT2D eigenvalue weighted by Crippen LogP contribution is -2.44. The maximum absolute atomic E-state index is 13.1. The van der Waals surface area contributed by atoms with Crippen LogP contribution in [0.4, 0.5) is 0 Å². The number of hydrogen-bond acceptors (Lipinski definition) is 4. The number of ether oxygens (including phenoxy) is 1. The predicted molar refractivity (Wildman–Crippen MR) is 113 cm³/mol. The highest BCUT2D eigenvalue weighted by molar-refractivity contribution is 7.89. The van der Waals surface area contributed by atoms with Gasteiger partial charge in [-0.3, -0.25) is 4.79 Å². The zero-order chi connectivity index (χ0) is 21.3. The lowest BCUT2D eigenvalue weighted by Gasteiger charge is -2.31. The van der Waals surface area contributed by atoms with E-state index in [9.17, 15) is 13.2 Å². The lowest BCUT2D eigenvalue weighted by atomic mass is 10.0. The SMILES string of the molecule is C#CCNS(=O)(=O)c1ccc(C(=O)N(CC)C(COC)Cc2ccccc2)cc1. The van der Waals surface area contributed by atoms with Gasteiger partial charge in [-0.15, -0.1) is 6.42 Å². The summed E-state index contributed by atoms with van der Waals surface area (Å²) < 4.78 is 31.9. The zero-order valence-corrected chi connectivity index (χ0v) is 17.5. The Bertz CT molecular complexity index is 935. The molecule has 0 aliphatic carbocycles. The second-order valence-electron chi connectivity index (χ2n) is 6.44. The molecular weight excluding hydrogens is 388 g/mol. The van der Waals surface area contributed by atoms with Gasteiger partial charge in [0.15, 0.2) is 0 Å². The molecule has 6 nitrogen and oxygen atoms in total. The fourth-order valence-corrected chi connectivity index (χ4v) is 4.00. The maximum Gasteiger partial charge on any atom is 0.254 e. The van der Waals surface area contributed by atoms with E-state index in [2.05, 4.69) is 10.6 Å². The van der Waals surface area contributed by atoms with E-state index in [1.165, 1.54) is 24.3 Å². The van der Waals surface area contributed by atoms with Crippen molar-refractivity contribution in [3.63, 3.8) is 0 Å². The van der Waals surface area contributed by atoms with Gasteiger partial charge in [0.2, 0.25) is 10.0 Å². The molecule has 0 aliphatic heterocycles. The monoisotopic (exact) mass is 414 g/mol. The van der Waals surface area contributed by atoms with E-state index in [1.54, 1.807) is 12.0 Å². The van der Waals surface area contributed by atoms with Gasteiger partial charge in [0, 0.05) is 19.2 Å². The molecule has 7 heteroatoms. The molecule has 2 rings (SSSR count). The minimum Gasteiger partial charge on any atom is -0.383 e. The third kappa shape index (κ3) is 6.16. The van der Waals surface area contributed by atoms with E-state index in [4.69, 9.17) is 11.2 Å². The Labute approximate surface area is 172 Å². The molecule has 0 fully saturated rings. The molecule has 1 unspecified atom stereocenters. The molecule has 1 N–H and O–H groups in total. The first-order valence-corrected chi connectivity index (χ1v) is 10.8. The Hall–Kier alpha value is -2.66. The van der Waals surface area contributed by atoms with Crippen molar-refractivity contribution in [2.24, 2.45) is 0 Å². The minimum absolute atomic E-state index is 0.0603. The normalized spacial score (nSPS) is 12.2. The fourth-order valence-electron chi connectivity index (χ4n) is 3.07. The van der Waals surface area contributed by atoms with Crippen LogP contribution in [-0.4, -0.2) is 52.1 Å². The van der Waals surface area contributed by atoms with Gasteiger partial charge in [0.25, 0.3) is 5.91 Å². The Morgan fingerprint density at radius 3 is 2.38 bits per heavy atom. The second kappa shape index (κ2) is 10.8. The van der Waals surface area contributed by atoms with Gasteiger partial charge in [-0.05, 0) is 43.2 Å². The summed E-state index contributed by atoms with van der Waals surface area (Å²) in [5, 5.41) is 0. The predicted octanol–water partition coefficient (Wildman–Crippen LogP) is 2.32. The Morgan fingerprint density at radius 1 is 1.17 bits per heavy atom. The van der Waals surface area contributed by atoms with E-state index in [-0.39, 0.29) is 23.4 Å². The van der Waals surface area contributed by atoms with Crippen LogP contribution in [0.1, 0.15) is 22.8 Å². The van der Waals surface area contributed by atoms with Crippen LogP contribution in [0.3, 0.4) is 0 Å². The van der Waals surface area contributed by atoms with Crippen molar-refractivity contribution < 1.29 is 17.9 Å². The molecule has 154 valence electrons. The third-order valence-electron chi connectivity index (χ3n) is 4.49. The van der Waals surface area contributed by atoms with Gasteiger partial charge >= 0.3 is 0 Å². The molecule has 1 atom stereocenters. The summed E-state index contributed by atoms with van der Waals surface area (Å²) in [6.07, 6.45) is 5.76. The van der Waals surface area contributed by atoms with E-state index < -0.39 is 10.0 Å². The first-order chi connectivity index (χ1) is 13.9. The molecule has 0 aliphatic rings. The summed E-state index contributed by atoms with van der Waals surface area (Å²) >= 11 is 0. The highest BCUT2D eigenvalue weighted by atomic mass is 32.2. The molecule has 2 aromatic rings. The molecule has 0 saturated carbocycles. The number of sulfonamides is 1. The smallest absolute Gasteiger partial charge is 0.254 e. The van der Waals surface area contributed by atoms with E-state index in [1.807, 2.05) is 37.3 Å². The molecule has 0 radical (unpaired) electrons. The van der Waals surface area contributed by atoms with Crippen LogP contribution in [0, 0.1) is 12.3 Å². The average Bonchev–Trinajstić information content (AvgIpc) is 2.73. The minimum atomic E-state index is -3.69. The number of terminal acetylenes is 1. The van der Waals surface area contributed by atoms with Gasteiger partial charge in [-0.1, -0.05) is 36.3 Å². The molecule has 0 aromatic heterocycles. The number of nitrogens with one attached hydrogen (secondary N) is 1. The van der Waals surface area contributed by atoms with E-state index >= 15 is 0 Å². The molecular formula is C22H26N2O4S. The van der Waals surface area contributed by atoms with Gasteiger partial charge in [-0.25, -0.2) is 8.42 Å². The van der Waals surface area contributed by atoms with Crippen LogP contribution < -0.4 is 4.72 Å². The Balaban J connectivity index is 2.21. The summed E-state index contributed by atoms with van der Waals surface area (Å²) in [6.45, 7) is 2.72. The summed E-state index contributed by atoms with van der Waals surface area (Å²) in [7, 11) is -2.08. The van der Waals surface area contributed by atoms with Gasteiger partial charge < -0.3 is 9.64 Å². The van der Waals surface area contributed by atoms with Crippen LogP contribution in [-0.2, 0) is 21.2 Å². The molecule has 1 amide bonds. The second-order valence-corrected chi connectivity index (χ2v) is 8.21. The standard InChI is InChI=1S/C22H26N2O4S/c1-4-15-23-29(26,27)21-13-11-19(12-14-21)22(25)24(5-2)20(17-28-3)16-18-9-7-6-8-10-18/h1,6-14,20,23H,5,15-17H2,2-3H3. The number of nitrogens with zero attached hydrogens (tertiary/aromatic N) is 1. The molecule has 0 saturated heterocycles. The first kappa shape index (κ1) is 22.6. The van der Waals surface area contributed by atoms with Crippen molar-refractivity contribution in [2.75, 3.05) is 26.8 Å². The molecule has 0 bridgehead atoms. The van der Waals surface area contributed by atoms with E-state index in [0.29, 0.717) is 25.1 Å². The Morgan fingerprint density at radius 2 is 1.83 bits per heavy atom. The van der Waals surface area contributed by atoms with Gasteiger partial charge in [0.05, 0.1) is 24.1 Å². The molecule has 29 heavy (non-hydrogen) atoms. The lowest BCUT2D eigenvalue weighted by molar-refractivity contribution is 0.0546. The highest BCUT2D eigenvalue weighted by Gasteiger charge is 2.24. The zero-order valence-electron chi connectivity index (χ0n) is 16.7. The quantitative estimate of drug-likeness (QED) is 0.606. The largest absolute Gasteiger partial charge is 0.383 e. The number of carbonyl (C=O) groups is 1. The van der Waals surface area contributed by atoms with E-state index in [0.717, 1.165) is 5.56 Å². The summed E-state index contributed by atoms with van der Waals surface area (Å²) in [5.41, 5.74) is 1.53. The third-order valence-corrected chi connectivity index (χ3v) is 5.91. The van der Waals surface area contributed by atoms with Crippen molar-refractivity contribution in [3.8, 4) is 12.3 Å². The number of carbonyl (C=O) groups excluding carboxylic acids is 1. The maximum atomic E-state index is 13.1. The van der Waals surface area contributed by atoms with Gasteiger partial charge in [0.1, 0.15) is 0 Å². The average molecular weight is 415 g/mol. The topological polar surface area (TPSA) is 75.7 Å². The van der Waals surface area contributed by atoms with Crippen molar-refractivity contribution in [2.45, 2.75) is 24.3 Å². The van der Waals surface area contributed by atoms with Crippen molar-refractivity contribution in [1.29, 1.82) is 0 Å². The van der Waals surface area contributed by atoms with Crippen LogP contribution in [0.25, 0.3) is 0 Å². The number of amides is 1. The number of rotatable bonds is 10. The van der Waals surface area contributed by atoms with Crippen LogP contribution in [0.5, 0.6) is 0 Å². The Kier molecular flexibility index (Phi) is 8.40. The van der Waals surface area contributed by atoms with Crippen LogP contribution in [0.2, 0.25) is 0 Å². The number of methoxy groups -OCH3 is 1. The molecule has 2 aromatic carbocycles. The fraction of sp³-hybridized carbons (Fsp3) is 0.318. The number of benzene rings is 2. The van der Waals surface area contributed by atoms with Crippen LogP contribution in [0.15, 0.2) is 59.5 Å². The molecule has 0 spiro atoms. The number of hydrogen-bond donors (Lipinski definition) is 1. The van der Waals surface area contributed by atoms with Crippen LogP contribution >= 0.6 is 0 Å². The summed E-state index contributed by atoms with van der Waals surface area (Å²) in [6, 6.07) is 15.6. The molecule has 0 heterocycles. The number of likely N-dealkylation sites (N-methyl/N-ethyl adjacent to an activating group) is 1. The van der Waals surface area contributed by atoms with Crippen molar-refractivity contribution in [3.05, 3.63) is 65.7 Å². The summed E-state index contributed by atoms with van der Waals surface area (Å²) in [5.74, 6) is 2.05. The first-order valence-electron chi connectivity index (χ1n) is 9.30. The highest BCUT2D eigenvalue weighted by Crippen LogP contribution is 2.16. The van der Waals surface area contributed by atoms with Crippen molar-refractivity contribution >= 4 is 15.9 Å². The van der Waals surface area contributed by atoms with Gasteiger partial charge in [-0.2, -0.15) is 4.72 Å².